The Morgan fingerprint density at radius 2 is 1.68 bits per heavy atom. The van der Waals surface area contributed by atoms with Gasteiger partial charge in [0.2, 0.25) is 11.8 Å². The molecule has 1 aromatic heterocycles. The van der Waals surface area contributed by atoms with Crippen molar-refractivity contribution in [3.8, 4) is 0 Å². The smallest absolute Gasteiger partial charge is 0.248 e. The van der Waals surface area contributed by atoms with Gasteiger partial charge in [-0.1, -0.05) is 44.2 Å². The highest BCUT2D eigenvalue weighted by Crippen LogP contribution is 2.42. The predicted octanol–water partition coefficient (Wildman–Crippen LogP) is 5.95. The van der Waals surface area contributed by atoms with E-state index in [1.165, 1.54) is 12.8 Å². The van der Waals surface area contributed by atoms with Crippen LogP contribution < -0.4 is 5.32 Å². The van der Waals surface area contributed by atoms with Crippen LogP contribution in [0.5, 0.6) is 0 Å². The molecule has 2 aromatic rings. The average molecular weight is 514 g/mol. The van der Waals surface area contributed by atoms with E-state index in [2.05, 4.69) is 57.9 Å². The largest absolute Gasteiger partial charge is 0.349 e. The zero-order valence-electron chi connectivity index (χ0n) is 22.4. The second-order valence-corrected chi connectivity index (χ2v) is 11.8. The molecule has 3 heterocycles. The summed E-state index contributed by atoms with van der Waals surface area (Å²) >= 11 is 0. The minimum atomic E-state index is -2.62. The zero-order chi connectivity index (χ0) is 26.2. The van der Waals surface area contributed by atoms with Gasteiger partial charge in [0.1, 0.15) is 11.6 Å². The average Bonchev–Trinajstić information content (AvgIpc) is 3.37. The van der Waals surface area contributed by atoms with Crippen LogP contribution in [0, 0.1) is 12.8 Å². The maximum atomic E-state index is 13.6. The van der Waals surface area contributed by atoms with Crippen molar-refractivity contribution in [3.05, 3.63) is 47.5 Å². The van der Waals surface area contributed by atoms with Crippen molar-refractivity contribution in [2.24, 2.45) is 5.92 Å². The first-order valence-corrected chi connectivity index (χ1v) is 14.1. The van der Waals surface area contributed by atoms with Crippen LogP contribution >= 0.6 is 0 Å². The molecule has 1 N–H and O–H groups in total. The SMILES string of the molecule is Cc1nnc(C(C)C)n1C1C[C@H]2CC[C@H](C1)N2CCC(NC(=O)C1CCC(F)(F)CC1)c1ccccc1. The van der Waals surface area contributed by atoms with E-state index in [4.69, 9.17) is 0 Å². The van der Waals surface area contributed by atoms with Gasteiger partial charge in [-0.15, -0.1) is 10.2 Å². The Balaban J connectivity index is 1.24. The molecule has 2 aliphatic heterocycles. The van der Waals surface area contributed by atoms with E-state index in [-0.39, 0.29) is 43.6 Å². The van der Waals surface area contributed by atoms with Crippen LogP contribution in [0.2, 0.25) is 0 Å². The van der Waals surface area contributed by atoms with Gasteiger partial charge in [-0.3, -0.25) is 9.69 Å². The molecule has 8 heteroatoms. The molecule has 3 atom stereocenters. The van der Waals surface area contributed by atoms with E-state index >= 15 is 0 Å². The number of fused-ring (bicyclic) bond motifs is 2. The minimum absolute atomic E-state index is 0.0738. The highest BCUT2D eigenvalue weighted by atomic mass is 19.3. The van der Waals surface area contributed by atoms with E-state index in [9.17, 15) is 13.6 Å². The molecule has 3 fully saturated rings. The molecule has 3 aliphatic rings. The van der Waals surface area contributed by atoms with Crippen molar-refractivity contribution >= 4 is 5.91 Å². The summed E-state index contributed by atoms with van der Waals surface area (Å²) in [5, 5.41) is 12.1. The number of rotatable bonds is 8. The number of alkyl halides is 2. The monoisotopic (exact) mass is 513 g/mol. The Morgan fingerprint density at radius 3 is 2.30 bits per heavy atom. The second-order valence-electron chi connectivity index (χ2n) is 11.8. The van der Waals surface area contributed by atoms with Crippen molar-refractivity contribution in [1.29, 1.82) is 0 Å². The summed E-state index contributed by atoms with van der Waals surface area (Å²) in [5.41, 5.74) is 1.08. The van der Waals surface area contributed by atoms with Crippen molar-refractivity contribution < 1.29 is 13.6 Å². The molecule has 1 aliphatic carbocycles. The number of nitrogens with zero attached hydrogens (tertiary/aromatic N) is 4. The summed E-state index contributed by atoms with van der Waals surface area (Å²) in [6.45, 7) is 7.34. The zero-order valence-corrected chi connectivity index (χ0v) is 22.4. The molecule has 1 unspecified atom stereocenters. The summed E-state index contributed by atoms with van der Waals surface area (Å²) in [7, 11) is 0. The van der Waals surface area contributed by atoms with Gasteiger partial charge in [-0.05, 0) is 57.4 Å². The highest BCUT2D eigenvalue weighted by molar-refractivity contribution is 5.79. The Bertz CT molecular complexity index is 1050. The standard InChI is InChI=1S/C29H41F2N5O/c1-19(2)27-34-33-20(3)36(27)25-17-23-9-10-24(18-25)35(23)16-13-26(21-7-5-4-6-8-21)32-28(37)22-11-14-29(30,31)15-12-22/h4-8,19,22-26H,9-18H2,1-3H3,(H,32,37)/t23-,24-,26?/m1/s1. The fourth-order valence-electron chi connectivity index (χ4n) is 6.93. The van der Waals surface area contributed by atoms with Gasteiger partial charge in [0.05, 0.1) is 6.04 Å². The Kier molecular flexibility index (Phi) is 7.66. The summed E-state index contributed by atoms with van der Waals surface area (Å²) in [4.78, 5) is 15.8. The van der Waals surface area contributed by atoms with Crippen molar-refractivity contribution in [1.82, 2.24) is 25.0 Å². The van der Waals surface area contributed by atoms with Crippen LogP contribution in [0.1, 0.15) is 107 Å². The Labute approximate surface area is 219 Å². The molecule has 2 saturated heterocycles. The van der Waals surface area contributed by atoms with Gasteiger partial charge in [0.15, 0.2) is 0 Å². The fraction of sp³-hybridized carbons (Fsp3) is 0.690. The van der Waals surface area contributed by atoms with Crippen LogP contribution in [-0.2, 0) is 4.79 Å². The lowest BCUT2D eigenvalue weighted by Crippen LogP contribution is -2.45. The highest BCUT2D eigenvalue weighted by Gasteiger charge is 2.42. The molecule has 0 radical (unpaired) electrons. The number of benzene rings is 1. The maximum Gasteiger partial charge on any atom is 0.248 e. The fourth-order valence-corrected chi connectivity index (χ4v) is 6.93. The number of halogens is 2. The number of hydrogen-bond donors (Lipinski definition) is 1. The molecule has 202 valence electrons. The van der Waals surface area contributed by atoms with Crippen molar-refractivity contribution in [2.45, 2.75) is 115 Å². The van der Waals surface area contributed by atoms with Gasteiger partial charge in [-0.2, -0.15) is 0 Å². The van der Waals surface area contributed by atoms with Crippen LogP contribution in [0.3, 0.4) is 0 Å². The topological polar surface area (TPSA) is 63.1 Å². The number of hydrogen-bond acceptors (Lipinski definition) is 4. The molecule has 2 bridgehead atoms. The third kappa shape index (κ3) is 5.74. The van der Waals surface area contributed by atoms with E-state index in [1.54, 1.807) is 0 Å². The molecular weight excluding hydrogens is 472 g/mol. The number of carbonyl (C=O) groups is 1. The first kappa shape index (κ1) is 26.3. The minimum Gasteiger partial charge on any atom is -0.349 e. The Morgan fingerprint density at radius 1 is 1.03 bits per heavy atom. The quantitative estimate of drug-likeness (QED) is 0.474. The van der Waals surface area contributed by atoms with Gasteiger partial charge < -0.3 is 9.88 Å². The number of aryl methyl sites for hydroxylation is 1. The third-order valence-electron chi connectivity index (χ3n) is 8.92. The molecule has 0 spiro atoms. The second kappa shape index (κ2) is 10.8. The lowest BCUT2D eigenvalue weighted by molar-refractivity contribution is -0.130. The number of carbonyl (C=O) groups excluding carboxylic acids is 1. The van der Waals surface area contributed by atoms with Gasteiger partial charge >= 0.3 is 0 Å². The van der Waals surface area contributed by atoms with E-state index < -0.39 is 5.92 Å². The van der Waals surface area contributed by atoms with E-state index in [1.807, 2.05) is 18.2 Å². The lowest BCUT2D eigenvalue weighted by Gasteiger charge is -2.40. The number of amides is 1. The number of aromatic nitrogens is 3. The summed E-state index contributed by atoms with van der Waals surface area (Å²) in [5.74, 6) is -0.572. The maximum absolute atomic E-state index is 13.6. The van der Waals surface area contributed by atoms with E-state index in [0.717, 1.165) is 43.0 Å². The molecule has 37 heavy (non-hydrogen) atoms. The van der Waals surface area contributed by atoms with Crippen molar-refractivity contribution in [3.63, 3.8) is 0 Å². The van der Waals surface area contributed by atoms with Gasteiger partial charge in [0, 0.05) is 49.3 Å². The molecule has 1 amide bonds. The van der Waals surface area contributed by atoms with Crippen molar-refractivity contribution in [2.75, 3.05) is 6.54 Å². The van der Waals surface area contributed by atoms with E-state index in [0.29, 0.717) is 24.0 Å². The summed E-state index contributed by atoms with van der Waals surface area (Å²) in [6, 6.07) is 11.5. The predicted molar refractivity (Wildman–Crippen MR) is 139 cm³/mol. The van der Waals surface area contributed by atoms with Crippen LogP contribution in [0.25, 0.3) is 0 Å². The lowest BCUT2D eigenvalue weighted by atomic mass is 9.86. The number of piperidine rings is 1. The molecule has 1 aromatic carbocycles. The number of nitrogens with one attached hydrogen (secondary N) is 1. The summed E-state index contributed by atoms with van der Waals surface area (Å²) < 4.78 is 29.6. The first-order valence-electron chi connectivity index (χ1n) is 14.1. The normalized spacial score (nSPS) is 26.9. The summed E-state index contributed by atoms with van der Waals surface area (Å²) in [6.07, 6.45) is 5.59. The van der Waals surface area contributed by atoms with Gasteiger partial charge in [-0.25, -0.2) is 8.78 Å². The molecule has 1 saturated carbocycles. The van der Waals surface area contributed by atoms with Gasteiger partial charge in [0.25, 0.3) is 0 Å². The molecule has 5 rings (SSSR count). The van der Waals surface area contributed by atoms with Crippen LogP contribution in [0.15, 0.2) is 30.3 Å². The van der Waals surface area contributed by atoms with Crippen LogP contribution in [0.4, 0.5) is 8.78 Å². The third-order valence-corrected chi connectivity index (χ3v) is 8.92. The molecule has 6 nitrogen and oxygen atoms in total. The van der Waals surface area contributed by atoms with Crippen LogP contribution in [-0.4, -0.2) is 50.1 Å². The first-order chi connectivity index (χ1) is 17.7. The molecular formula is C29H41F2N5O. The Hall–Kier alpha value is -2.35.